The third-order valence-electron chi connectivity index (χ3n) is 13.1. The first kappa shape index (κ1) is 39.6. The first-order chi connectivity index (χ1) is 33.7. The van der Waals surface area contributed by atoms with E-state index in [2.05, 4.69) is 229 Å². The molecule has 0 aliphatic carbocycles. The molecule has 0 aliphatic heterocycles. The van der Waals surface area contributed by atoms with Crippen LogP contribution in [0, 0.1) is 0 Å². The summed E-state index contributed by atoms with van der Waals surface area (Å²) in [5, 5.41) is 9.67. The molecule has 0 radical (unpaired) electrons. The second-order valence-corrected chi connectivity index (χ2v) is 18.2. The van der Waals surface area contributed by atoms with E-state index in [9.17, 15) is 0 Å². The Balaban J connectivity index is 1.04. The zero-order valence-electron chi connectivity index (χ0n) is 36.8. The van der Waals surface area contributed by atoms with Crippen LogP contribution in [0.15, 0.2) is 243 Å². The number of thiophene rings is 1. The van der Waals surface area contributed by atoms with E-state index in [1.54, 1.807) is 11.3 Å². The Bertz CT molecular complexity index is 3880. The van der Waals surface area contributed by atoms with Crippen molar-refractivity contribution in [2.24, 2.45) is 0 Å². The van der Waals surface area contributed by atoms with E-state index in [0.717, 1.165) is 49.6 Å². The lowest BCUT2D eigenvalue weighted by molar-refractivity contribution is 1.07. The number of anilines is 3. The molecule has 4 nitrogen and oxygen atoms in total. The second kappa shape index (κ2) is 16.6. The Morgan fingerprint density at radius 3 is 1.21 bits per heavy atom. The molecule has 0 aliphatic rings. The molecule has 13 aromatic rings. The third-order valence-corrected chi connectivity index (χ3v) is 14.2. The molecule has 318 valence electrons. The van der Waals surface area contributed by atoms with Gasteiger partial charge in [-0.25, -0.2) is 15.0 Å². The molecule has 0 unspecified atom stereocenters. The smallest absolute Gasteiger partial charge is 0.164 e. The van der Waals surface area contributed by atoms with Crippen molar-refractivity contribution in [3.63, 3.8) is 0 Å². The second-order valence-electron chi connectivity index (χ2n) is 17.2. The van der Waals surface area contributed by atoms with Crippen LogP contribution >= 0.6 is 11.3 Å². The van der Waals surface area contributed by atoms with E-state index in [4.69, 9.17) is 15.0 Å². The van der Waals surface area contributed by atoms with Gasteiger partial charge in [-0.15, -0.1) is 11.3 Å². The monoisotopic (exact) mass is 884 g/mol. The minimum Gasteiger partial charge on any atom is -0.310 e. The van der Waals surface area contributed by atoms with Gasteiger partial charge in [0.1, 0.15) is 0 Å². The summed E-state index contributed by atoms with van der Waals surface area (Å²) in [6, 6.07) is 86.5. The fourth-order valence-electron chi connectivity index (χ4n) is 9.83. The number of nitrogens with zero attached hydrogens (tertiary/aromatic N) is 4. The van der Waals surface area contributed by atoms with Crippen molar-refractivity contribution in [3.8, 4) is 56.4 Å². The van der Waals surface area contributed by atoms with Gasteiger partial charge in [0.05, 0.1) is 5.69 Å². The fraction of sp³-hybridized carbons (Fsp3) is 0. The largest absolute Gasteiger partial charge is 0.310 e. The predicted molar refractivity (Wildman–Crippen MR) is 287 cm³/mol. The van der Waals surface area contributed by atoms with Crippen molar-refractivity contribution < 1.29 is 0 Å². The highest BCUT2D eigenvalue weighted by Crippen LogP contribution is 2.48. The van der Waals surface area contributed by atoms with Crippen LogP contribution in [0.5, 0.6) is 0 Å². The highest BCUT2D eigenvalue weighted by atomic mass is 32.1. The van der Waals surface area contributed by atoms with Gasteiger partial charge in [0.15, 0.2) is 17.5 Å². The topological polar surface area (TPSA) is 41.9 Å². The standard InChI is InChI=1S/C63H40N4S/c1-4-16-41(17-5-1)43-28-33-48(34-29-43)67(49-35-30-44(31-36-49)42-18-6-2-7-19-42)57-39-47(40-59-60(57)55-26-14-15-27-58(55)68-59)63-65-61(45-20-8-3-9-21-45)64-62(66-63)46-32-37-54-52-24-11-10-22-50(52)51-23-12-13-25-53(51)56(54)38-46/h1-40H. The average Bonchev–Trinajstić information content (AvgIpc) is 3.81. The molecule has 11 aromatic carbocycles. The summed E-state index contributed by atoms with van der Waals surface area (Å²) in [7, 11) is 0. The molecule has 68 heavy (non-hydrogen) atoms. The maximum Gasteiger partial charge on any atom is 0.164 e. The summed E-state index contributed by atoms with van der Waals surface area (Å²) in [4.78, 5) is 18.4. The summed E-state index contributed by atoms with van der Waals surface area (Å²) in [5.74, 6) is 1.85. The maximum absolute atomic E-state index is 5.41. The van der Waals surface area contributed by atoms with Gasteiger partial charge in [0, 0.05) is 48.2 Å². The molecule has 0 atom stereocenters. The summed E-state index contributed by atoms with van der Waals surface area (Å²) in [6.07, 6.45) is 0. The molecule has 2 aromatic heterocycles. The van der Waals surface area contributed by atoms with Crippen molar-refractivity contribution in [3.05, 3.63) is 243 Å². The number of rotatable bonds is 8. The Labute approximate surface area is 397 Å². The summed E-state index contributed by atoms with van der Waals surface area (Å²) in [6.45, 7) is 0. The van der Waals surface area contributed by atoms with Crippen molar-refractivity contribution in [1.82, 2.24) is 15.0 Å². The van der Waals surface area contributed by atoms with Crippen molar-refractivity contribution in [2.75, 3.05) is 4.90 Å². The van der Waals surface area contributed by atoms with Gasteiger partial charge < -0.3 is 4.90 Å². The molecule has 0 saturated heterocycles. The van der Waals surface area contributed by atoms with Crippen LogP contribution in [0.4, 0.5) is 17.1 Å². The van der Waals surface area contributed by atoms with Crippen LogP contribution in [0.1, 0.15) is 0 Å². The van der Waals surface area contributed by atoms with Gasteiger partial charge in [-0.1, -0.05) is 194 Å². The zero-order valence-corrected chi connectivity index (χ0v) is 37.6. The van der Waals surface area contributed by atoms with E-state index in [1.165, 1.54) is 58.9 Å². The Morgan fingerprint density at radius 2 is 0.662 bits per heavy atom. The van der Waals surface area contributed by atoms with Gasteiger partial charge in [-0.3, -0.25) is 0 Å². The van der Waals surface area contributed by atoms with E-state index in [-0.39, 0.29) is 0 Å². The molecule has 5 heteroatoms. The van der Waals surface area contributed by atoms with Crippen LogP contribution in [0.3, 0.4) is 0 Å². The van der Waals surface area contributed by atoms with Crippen LogP contribution in [-0.4, -0.2) is 15.0 Å². The molecule has 0 N–H and O–H groups in total. The molecule has 0 bridgehead atoms. The molecule has 13 rings (SSSR count). The normalized spacial score (nSPS) is 11.5. The lowest BCUT2D eigenvalue weighted by Crippen LogP contribution is -2.11. The average molecular weight is 885 g/mol. The van der Waals surface area contributed by atoms with Crippen molar-refractivity contribution in [2.45, 2.75) is 0 Å². The van der Waals surface area contributed by atoms with Crippen molar-refractivity contribution >= 4 is 80.9 Å². The molecular formula is C63H40N4S. The lowest BCUT2D eigenvalue weighted by Gasteiger charge is -2.27. The minimum absolute atomic E-state index is 0.608. The Kier molecular flexibility index (Phi) is 9.66. The van der Waals surface area contributed by atoms with E-state index >= 15 is 0 Å². The predicted octanol–water partition coefficient (Wildman–Crippen LogP) is 17.5. The molecule has 0 saturated carbocycles. The number of hydrogen-bond donors (Lipinski definition) is 0. The third kappa shape index (κ3) is 6.96. The number of aromatic nitrogens is 3. The molecule has 2 heterocycles. The van der Waals surface area contributed by atoms with Gasteiger partial charge in [-0.05, 0) is 103 Å². The Hall–Kier alpha value is -8.77. The van der Waals surface area contributed by atoms with E-state index < -0.39 is 0 Å². The first-order valence-electron chi connectivity index (χ1n) is 22.9. The highest BCUT2D eigenvalue weighted by Gasteiger charge is 2.23. The van der Waals surface area contributed by atoms with Crippen LogP contribution in [0.2, 0.25) is 0 Å². The van der Waals surface area contributed by atoms with Gasteiger partial charge >= 0.3 is 0 Å². The summed E-state index contributed by atoms with van der Waals surface area (Å²) >= 11 is 1.80. The van der Waals surface area contributed by atoms with Gasteiger partial charge in [0.2, 0.25) is 0 Å². The van der Waals surface area contributed by atoms with Crippen LogP contribution < -0.4 is 4.90 Å². The fourth-order valence-corrected chi connectivity index (χ4v) is 11.0. The minimum atomic E-state index is 0.608. The molecule has 0 fully saturated rings. The summed E-state index contributed by atoms with van der Waals surface area (Å²) in [5.41, 5.74) is 10.6. The lowest BCUT2D eigenvalue weighted by atomic mass is 9.93. The number of fused-ring (bicyclic) bond motifs is 9. The molecule has 0 spiro atoms. The Morgan fingerprint density at radius 1 is 0.265 bits per heavy atom. The van der Waals surface area contributed by atoms with E-state index in [1.807, 2.05) is 18.2 Å². The molecular weight excluding hydrogens is 845 g/mol. The quantitative estimate of drug-likeness (QED) is 0.143. The maximum atomic E-state index is 5.41. The first-order valence-corrected chi connectivity index (χ1v) is 23.7. The number of benzene rings is 11. The highest BCUT2D eigenvalue weighted by molar-refractivity contribution is 7.26. The van der Waals surface area contributed by atoms with Crippen LogP contribution in [0.25, 0.3) is 109 Å². The van der Waals surface area contributed by atoms with Gasteiger partial charge in [0.25, 0.3) is 0 Å². The molecule has 0 amide bonds. The zero-order chi connectivity index (χ0) is 45.0. The van der Waals surface area contributed by atoms with Gasteiger partial charge in [-0.2, -0.15) is 0 Å². The van der Waals surface area contributed by atoms with Crippen molar-refractivity contribution in [1.29, 1.82) is 0 Å². The van der Waals surface area contributed by atoms with Crippen LogP contribution in [-0.2, 0) is 0 Å². The SMILES string of the molecule is c1ccc(-c2ccc(N(c3ccc(-c4ccccc4)cc3)c3cc(-c4nc(-c5ccccc5)nc(-c5ccc6c7ccccc7c7ccccc7c6c5)n4)cc4sc5ccccc5c34)cc2)cc1. The summed E-state index contributed by atoms with van der Waals surface area (Å²) < 4.78 is 2.37. The van der Waals surface area contributed by atoms with E-state index in [0.29, 0.717) is 17.5 Å². The number of hydrogen-bond acceptors (Lipinski definition) is 5.